The number of nitro benzene ring substituents is 1. The van der Waals surface area contributed by atoms with Crippen molar-refractivity contribution in [3.63, 3.8) is 0 Å². The van der Waals surface area contributed by atoms with Crippen LogP contribution in [0.3, 0.4) is 0 Å². The predicted octanol–water partition coefficient (Wildman–Crippen LogP) is 6.23. The van der Waals surface area contributed by atoms with Crippen LogP contribution in [0, 0.1) is 17.0 Å². The highest BCUT2D eigenvalue weighted by Crippen LogP contribution is 2.29. The van der Waals surface area contributed by atoms with Crippen molar-refractivity contribution < 1.29 is 31.8 Å². The first-order valence-corrected chi connectivity index (χ1v) is 13.8. The maximum absolute atomic E-state index is 12.3. The summed E-state index contributed by atoms with van der Waals surface area (Å²) < 4.78 is 40.6. The van der Waals surface area contributed by atoms with E-state index in [0.29, 0.717) is 11.3 Å². The lowest BCUT2D eigenvalue weighted by molar-refractivity contribution is -0.385. The predicted molar refractivity (Wildman–Crippen MR) is 153 cm³/mol. The number of nitro groups is 1. The Hall–Kier alpha value is -4.22. The van der Waals surface area contributed by atoms with Crippen molar-refractivity contribution >= 4 is 39.7 Å². The van der Waals surface area contributed by atoms with Crippen molar-refractivity contribution in [3.05, 3.63) is 93.5 Å². The van der Waals surface area contributed by atoms with Crippen LogP contribution in [0.4, 0.5) is 16.2 Å². The molecule has 3 rings (SSSR count). The van der Waals surface area contributed by atoms with Crippen LogP contribution in [0.5, 0.6) is 5.75 Å². The zero-order valence-electron chi connectivity index (χ0n) is 23.0. The second kappa shape index (κ2) is 12.8. The number of ether oxygens (including phenoxy) is 2. The molecule has 3 aromatic carbocycles. The van der Waals surface area contributed by atoms with E-state index in [2.05, 4.69) is 0 Å². The van der Waals surface area contributed by atoms with E-state index in [1.54, 1.807) is 70.3 Å². The van der Waals surface area contributed by atoms with E-state index in [9.17, 15) is 23.3 Å². The minimum absolute atomic E-state index is 0.0146. The number of carbonyl (C=O) groups is 1. The molecule has 0 aliphatic rings. The van der Waals surface area contributed by atoms with Crippen LogP contribution in [-0.4, -0.2) is 45.3 Å². The largest absolute Gasteiger partial charge is 0.484 e. The molecule has 0 fully saturated rings. The normalized spacial score (nSPS) is 11.8. The van der Waals surface area contributed by atoms with Gasteiger partial charge in [0, 0.05) is 18.8 Å². The number of rotatable bonds is 10. The molecule has 0 aliphatic carbocycles. The van der Waals surface area contributed by atoms with Gasteiger partial charge in [0.05, 0.1) is 9.82 Å². The molecule has 0 unspecified atom stereocenters. The topological polar surface area (TPSA) is 125 Å². The van der Waals surface area contributed by atoms with E-state index in [1.807, 2.05) is 19.1 Å². The first-order valence-electron chi connectivity index (χ1n) is 12.4. The minimum atomic E-state index is -3.98. The number of benzene rings is 3. The molecule has 0 aromatic heterocycles. The lowest BCUT2D eigenvalue weighted by atomic mass is 10.1. The Kier molecular flexibility index (Phi) is 9.67. The minimum Gasteiger partial charge on any atom is -0.484 e. The molecule has 10 nitrogen and oxygen atoms in total. The van der Waals surface area contributed by atoms with Gasteiger partial charge in [-0.2, -0.15) is 8.42 Å². The molecule has 1 amide bonds. The summed E-state index contributed by atoms with van der Waals surface area (Å²) in [7, 11) is -2.36. The Balaban J connectivity index is 1.65. The molecule has 212 valence electrons. The Morgan fingerprint density at radius 1 is 0.950 bits per heavy atom. The molecule has 0 spiro atoms. The molecule has 40 heavy (non-hydrogen) atoms. The van der Waals surface area contributed by atoms with Crippen molar-refractivity contribution in [2.45, 2.75) is 38.2 Å². The first-order chi connectivity index (χ1) is 18.7. The van der Waals surface area contributed by atoms with Crippen molar-refractivity contribution in [1.82, 2.24) is 0 Å². The van der Waals surface area contributed by atoms with Crippen LogP contribution in [0.25, 0.3) is 12.2 Å². The average molecular weight is 569 g/mol. The molecule has 0 bridgehead atoms. The molecule has 0 N–H and O–H groups in total. The lowest BCUT2D eigenvalue weighted by Crippen LogP contribution is -2.34. The summed E-state index contributed by atoms with van der Waals surface area (Å²) in [6, 6.07) is 17.8. The van der Waals surface area contributed by atoms with Gasteiger partial charge in [-0.25, -0.2) is 4.79 Å². The van der Waals surface area contributed by atoms with Crippen molar-refractivity contribution in [1.29, 1.82) is 0 Å². The van der Waals surface area contributed by atoms with Crippen LogP contribution in [0.2, 0.25) is 0 Å². The van der Waals surface area contributed by atoms with Gasteiger partial charge < -0.3 is 9.47 Å². The molecule has 0 saturated heterocycles. The van der Waals surface area contributed by atoms with Crippen LogP contribution < -0.4 is 9.64 Å². The fourth-order valence-corrected chi connectivity index (χ4v) is 4.30. The summed E-state index contributed by atoms with van der Waals surface area (Å²) in [6.45, 7) is 6.69. The maximum Gasteiger partial charge on any atom is 0.414 e. The van der Waals surface area contributed by atoms with E-state index in [0.717, 1.165) is 11.1 Å². The Labute approximate surface area is 234 Å². The number of nitrogens with zero attached hydrogens (tertiary/aromatic N) is 2. The Morgan fingerprint density at radius 3 is 2.15 bits per heavy atom. The number of hydrogen-bond acceptors (Lipinski definition) is 8. The summed E-state index contributed by atoms with van der Waals surface area (Å²) in [5.74, 6) is -0.0159. The number of aryl methyl sites for hydroxylation is 1. The van der Waals surface area contributed by atoms with Gasteiger partial charge in [0.25, 0.3) is 10.1 Å². The SMILES string of the molecule is Cc1ccc(S(=O)(=O)OCCOc2cc(/C=C/c3ccc(N(C)C(=O)OC(C)(C)C)cc3)ccc2[N+](=O)[O-])cc1. The fraction of sp³-hybridized carbons (Fsp3) is 0.276. The highest BCUT2D eigenvalue weighted by Gasteiger charge is 2.21. The smallest absolute Gasteiger partial charge is 0.414 e. The van der Waals surface area contributed by atoms with Gasteiger partial charge in [-0.05, 0) is 75.2 Å². The summed E-state index contributed by atoms with van der Waals surface area (Å²) in [6.07, 6.45) is 3.09. The summed E-state index contributed by atoms with van der Waals surface area (Å²) >= 11 is 0. The molecular formula is C29H32N2O8S. The zero-order valence-corrected chi connectivity index (χ0v) is 23.8. The first kappa shape index (κ1) is 30.3. The molecule has 0 aliphatic heterocycles. The van der Waals surface area contributed by atoms with E-state index in [1.165, 1.54) is 29.2 Å². The van der Waals surface area contributed by atoms with Gasteiger partial charge in [-0.3, -0.25) is 19.2 Å². The third-order valence-corrected chi connectivity index (χ3v) is 6.81. The van der Waals surface area contributed by atoms with Crippen molar-refractivity contribution in [2.75, 3.05) is 25.2 Å². The summed E-state index contributed by atoms with van der Waals surface area (Å²) in [4.78, 5) is 24.6. The second-order valence-corrected chi connectivity index (χ2v) is 11.5. The quantitative estimate of drug-likeness (QED) is 0.0927. The summed E-state index contributed by atoms with van der Waals surface area (Å²) in [5, 5.41) is 11.5. The highest BCUT2D eigenvalue weighted by molar-refractivity contribution is 7.86. The van der Waals surface area contributed by atoms with E-state index in [-0.39, 0.29) is 29.5 Å². The van der Waals surface area contributed by atoms with Crippen LogP contribution in [0.1, 0.15) is 37.5 Å². The van der Waals surface area contributed by atoms with Gasteiger partial charge in [-0.1, -0.05) is 42.0 Å². The Bertz CT molecular complexity index is 1480. The fourth-order valence-electron chi connectivity index (χ4n) is 3.41. The standard InChI is InChI=1S/C29H32N2O8S/c1-21-6-15-25(16-7-21)40(35,36)38-19-18-37-27-20-23(12-17-26(27)31(33)34)9-8-22-10-13-24(14-11-22)30(5)28(32)39-29(2,3)4/h6-17,20H,18-19H2,1-5H3/b9-8+. The molecule has 0 radical (unpaired) electrons. The summed E-state index contributed by atoms with van der Waals surface area (Å²) in [5.41, 5.74) is 2.16. The van der Waals surface area contributed by atoms with Gasteiger partial charge >= 0.3 is 11.8 Å². The van der Waals surface area contributed by atoms with E-state index < -0.39 is 26.7 Å². The van der Waals surface area contributed by atoms with Gasteiger partial charge in [0.1, 0.15) is 18.8 Å². The molecular weight excluding hydrogens is 536 g/mol. The van der Waals surface area contributed by atoms with E-state index >= 15 is 0 Å². The molecule has 0 heterocycles. The number of carbonyl (C=O) groups excluding carboxylic acids is 1. The van der Waals surface area contributed by atoms with Crippen LogP contribution >= 0.6 is 0 Å². The molecule has 0 saturated carbocycles. The van der Waals surface area contributed by atoms with Crippen molar-refractivity contribution in [2.24, 2.45) is 0 Å². The second-order valence-electron chi connectivity index (χ2n) is 9.89. The third kappa shape index (κ3) is 8.65. The zero-order chi connectivity index (χ0) is 29.5. The average Bonchev–Trinajstić information content (AvgIpc) is 2.89. The lowest BCUT2D eigenvalue weighted by Gasteiger charge is -2.24. The molecule has 3 aromatic rings. The van der Waals surface area contributed by atoms with Gasteiger partial charge in [0.15, 0.2) is 5.75 Å². The Morgan fingerprint density at radius 2 is 1.55 bits per heavy atom. The van der Waals surface area contributed by atoms with Crippen LogP contribution in [0.15, 0.2) is 71.6 Å². The van der Waals surface area contributed by atoms with Crippen molar-refractivity contribution in [3.8, 4) is 5.75 Å². The van der Waals surface area contributed by atoms with Crippen LogP contribution in [-0.2, 0) is 19.0 Å². The molecule has 11 heteroatoms. The highest BCUT2D eigenvalue weighted by atomic mass is 32.2. The number of amides is 1. The monoisotopic (exact) mass is 568 g/mol. The van der Waals surface area contributed by atoms with E-state index in [4.69, 9.17) is 13.7 Å². The maximum atomic E-state index is 12.3. The molecule has 0 atom stereocenters. The van der Waals surface area contributed by atoms with Gasteiger partial charge in [0.2, 0.25) is 0 Å². The number of hydrogen-bond donors (Lipinski definition) is 0. The van der Waals surface area contributed by atoms with Gasteiger partial charge in [-0.15, -0.1) is 0 Å². The number of anilines is 1. The third-order valence-electron chi connectivity index (χ3n) is 5.49.